The molecule has 0 fully saturated rings. The van der Waals surface area contributed by atoms with E-state index in [1.807, 2.05) is 12.1 Å². The Labute approximate surface area is 338 Å². The minimum Gasteiger partial charge on any atom is -0.276 e. The highest BCUT2D eigenvalue weighted by Crippen LogP contribution is 2.56. The first-order chi connectivity index (χ1) is 28.8. The first kappa shape index (κ1) is 33.7. The van der Waals surface area contributed by atoms with Gasteiger partial charge in [0, 0.05) is 11.1 Å². The second-order valence-corrected chi connectivity index (χ2v) is 15.0. The molecule has 0 amide bonds. The van der Waals surface area contributed by atoms with Crippen LogP contribution >= 0.6 is 0 Å². The zero-order valence-electron chi connectivity index (χ0n) is 31.7. The highest BCUT2D eigenvalue weighted by atomic mass is 15.1. The molecule has 1 aliphatic carbocycles. The SMILES string of the molecule is c1ccc(-c2cc(-c3ccccc3)nc(-n3c(-c4ccc(-c5ccc6c(c5)C(c5ccccc5)(c5ccccc5)c5ccccc5-6)cc4)nc4ccccc43)c2)cc1. The maximum Gasteiger partial charge on any atom is 0.146 e. The van der Waals surface area contributed by atoms with Gasteiger partial charge in [-0.25, -0.2) is 9.97 Å². The van der Waals surface area contributed by atoms with Crippen LogP contribution in [0.5, 0.6) is 0 Å². The van der Waals surface area contributed by atoms with Crippen molar-refractivity contribution < 1.29 is 0 Å². The van der Waals surface area contributed by atoms with Crippen molar-refractivity contribution in [3.63, 3.8) is 0 Å². The van der Waals surface area contributed by atoms with Crippen LogP contribution in [0.25, 0.3) is 72.9 Å². The maximum absolute atomic E-state index is 5.31. The van der Waals surface area contributed by atoms with Crippen molar-refractivity contribution in [2.45, 2.75) is 5.41 Å². The summed E-state index contributed by atoms with van der Waals surface area (Å²) in [7, 11) is 0. The maximum atomic E-state index is 5.31. The zero-order valence-corrected chi connectivity index (χ0v) is 31.7. The van der Waals surface area contributed by atoms with E-state index in [4.69, 9.17) is 9.97 Å². The minimum atomic E-state index is -0.449. The molecule has 3 nitrogen and oxygen atoms in total. The Morgan fingerprint density at radius 2 is 0.879 bits per heavy atom. The van der Waals surface area contributed by atoms with Crippen molar-refractivity contribution in [2.75, 3.05) is 0 Å². The van der Waals surface area contributed by atoms with Crippen LogP contribution in [0, 0.1) is 0 Å². The van der Waals surface area contributed by atoms with Crippen molar-refractivity contribution in [1.82, 2.24) is 14.5 Å². The van der Waals surface area contributed by atoms with E-state index >= 15 is 0 Å². The molecule has 2 heterocycles. The highest BCUT2D eigenvalue weighted by molar-refractivity contribution is 5.89. The normalized spacial score (nSPS) is 12.6. The van der Waals surface area contributed by atoms with E-state index in [1.165, 1.54) is 38.9 Å². The van der Waals surface area contributed by atoms with Crippen LogP contribution in [-0.2, 0) is 5.41 Å². The summed E-state index contributed by atoms with van der Waals surface area (Å²) in [5.41, 5.74) is 16.7. The molecule has 8 aromatic carbocycles. The Morgan fingerprint density at radius 1 is 0.345 bits per heavy atom. The molecule has 272 valence electrons. The van der Waals surface area contributed by atoms with E-state index in [0.717, 1.165) is 56.2 Å². The number of rotatable bonds is 7. The number of pyridine rings is 1. The number of benzene rings is 8. The Balaban J connectivity index is 1.05. The molecule has 3 heteroatoms. The lowest BCUT2D eigenvalue weighted by Crippen LogP contribution is -2.28. The van der Waals surface area contributed by atoms with Gasteiger partial charge in [0.1, 0.15) is 11.6 Å². The molecule has 10 aromatic rings. The largest absolute Gasteiger partial charge is 0.276 e. The number of hydrogen-bond acceptors (Lipinski definition) is 2. The van der Waals surface area contributed by atoms with Crippen molar-refractivity contribution in [3.05, 3.63) is 247 Å². The van der Waals surface area contributed by atoms with Gasteiger partial charge in [0.15, 0.2) is 0 Å². The van der Waals surface area contributed by atoms with Crippen LogP contribution in [0.15, 0.2) is 224 Å². The second kappa shape index (κ2) is 13.8. The highest BCUT2D eigenvalue weighted by Gasteiger charge is 2.46. The molecule has 0 N–H and O–H groups in total. The summed E-state index contributed by atoms with van der Waals surface area (Å²) >= 11 is 0. The van der Waals surface area contributed by atoms with Crippen LogP contribution < -0.4 is 0 Å². The lowest BCUT2D eigenvalue weighted by Gasteiger charge is -2.34. The van der Waals surface area contributed by atoms with Gasteiger partial charge in [0.25, 0.3) is 0 Å². The number of nitrogens with zero attached hydrogens (tertiary/aromatic N) is 3. The Bertz CT molecular complexity index is 2980. The average Bonchev–Trinajstić information content (AvgIpc) is 3.84. The summed E-state index contributed by atoms with van der Waals surface area (Å²) in [5.74, 6) is 1.67. The van der Waals surface area contributed by atoms with Gasteiger partial charge in [-0.2, -0.15) is 0 Å². The van der Waals surface area contributed by atoms with E-state index in [-0.39, 0.29) is 0 Å². The van der Waals surface area contributed by atoms with Crippen molar-refractivity contribution in [3.8, 4) is 61.8 Å². The molecular weight excluding hydrogens is 703 g/mol. The van der Waals surface area contributed by atoms with E-state index in [0.29, 0.717) is 0 Å². The summed E-state index contributed by atoms with van der Waals surface area (Å²) in [6.45, 7) is 0. The number of imidazole rings is 1. The summed E-state index contributed by atoms with van der Waals surface area (Å²) in [6.07, 6.45) is 0. The molecule has 0 spiro atoms. The molecule has 11 rings (SSSR count). The zero-order chi connectivity index (χ0) is 38.5. The molecule has 1 aliphatic rings. The van der Waals surface area contributed by atoms with Crippen molar-refractivity contribution >= 4 is 11.0 Å². The molecule has 2 aromatic heterocycles. The van der Waals surface area contributed by atoms with Gasteiger partial charge in [0.2, 0.25) is 0 Å². The molecule has 0 unspecified atom stereocenters. The van der Waals surface area contributed by atoms with Crippen LogP contribution in [0.1, 0.15) is 22.3 Å². The van der Waals surface area contributed by atoms with Crippen molar-refractivity contribution in [1.29, 1.82) is 0 Å². The predicted octanol–water partition coefficient (Wildman–Crippen LogP) is 13.5. The number of aromatic nitrogens is 3. The van der Waals surface area contributed by atoms with Crippen LogP contribution in [0.3, 0.4) is 0 Å². The predicted molar refractivity (Wildman–Crippen MR) is 238 cm³/mol. The van der Waals surface area contributed by atoms with Gasteiger partial charge in [0.05, 0.1) is 22.1 Å². The standard InChI is InChI=1S/C55H37N3/c1-5-17-38(18-6-1)43-36-51(40-19-7-2-8-20-40)56-53(37-43)58-52-28-16-15-27-50(52)57-54(58)41-31-29-39(30-32-41)42-33-34-47-46-25-13-14-26-48(46)55(49(47)35-42,44-21-9-3-10-22-44)45-23-11-4-12-24-45/h1-37H. The van der Waals surface area contributed by atoms with Crippen LogP contribution in [-0.4, -0.2) is 14.5 Å². The first-order valence-electron chi connectivity index (χ1n) is 19.8. The number of para-hydroxylation sites is 2. The van der Waals surface area contributed by atoms with Crippen LogP contribution in [0.4, 0.5) is 0 Å². The van der Waals surface area contributed by atoms with E-state index in [2.05, 4.69) is 217 Å². The fourth-order valence-corrected chi connectivity index (χ4v) is 9.07. The lowest BCUT2D eigenvalue weighted by atomic mass is 9.67. The Morgan fingerprint density at radius 3 is 1.59 bits per heavy atom. The van der Waals surface area contributed by atoms with E-state index in [9.17, 15) is 0 Å². The molecule has 0 atom stereocenters. The monoisotopic (exact) mass is 739 g/mol. The van der Waals surface area contributed by atoms with Gasteiger partial charge in [-0.05, 0) is 86.0 Å². The van der Waals surface area contributed by atoms with Gasteiger partial charge in [-0.3, -0.25) is 4.57 Å². The number of fused-ring (bicyclic) bond motifs is 4. The Hall–Kier alpha value is -7.62. The Kier molecular flexibility index (Phi) is 8.04. The third kappa shape index (κ3) is 5.43. The third-order valence-electron chi connectivity index (χ3n) is 11.7. The summed E-state index contributed by atoms with van der Waals surface area (Å²) in [6, 6.07) is 80.4. The quantitative estimate of drug-likeness (QED) is 0.163. The van der Waals surface area contributed by atoms with E-state index in [1.54, 1.807) is 0 Å². The van der Waals surface area contributed by atoms with Gasteiger partial charge in [-0.1, -0.05) is 194 Å². The average molecular weight is 740 g/mol. The second-order valence-electron chi connectivity index (χ2n) is 15.0. The fraction of sp³-hybridized carbons (Fsp3) is 0.0182. The molecule has 58 heavy (non-hydrogen) atoms. The van der Waals surface area contributed by atoms with Gasteiger partial charge < -0.3 is 0 Å². The van der Waals surface area contributed by atoms with Gasteiger partial charge >= 0.3 is 0 Å². The van der Waals surface area contributed by atoms with Crippen molar-refractivity contribution in [2.24, 2.45) is 0 Å². The van der Waals surface area contributed by atoms with E-state index < -0.39 is 5.41 Å². The summed E-state index contributed by atoms with van der Waals surface area (Å²) in [5, 5.41) is 0. The van der Waals surface area contributed by atoms with Gasteiger partial charge in [-0.15, -0.1) is 0 Å². The number of hydrogen-bond donors (Lipinski definition) is 0. The minimum absolute atomic E-state index is 0.449. The molecule has 0 aliphatic heterocycles. The lowest BCUT2D eigenvalue weighted by molar-refractivity contribution is 0.769. The molecule has 0 saturated heterocycles. The fourth-order valence-electron chi connectivity index (χ4n) is 9.07. The molecule has 0 bridgehead atoms. The smallest absolute Gasteiger partial charge is 0.146 e. The molecular formula is C55H37N3. The van der Waals surface area contributed by atoms with Crippen LogP contribution in [0.2, 0.25) is 0 Å². The molecule has 0 radical (unpaired) electrons. The summed E-state index contributed by atoms with van der Waals surface area (Å²) in [4.78, 5) is 10.6. The topological polar surface area (TPSA) is 30.7 Å². The molecule has 0 saturated carbocycles. The summed E-state index contributed by atoms with van der Waals surface area (Å²) < 4.78 is 2.21. The first-order valence-corrected chi connectivity index (χ1v) is 19.8. The third-order valence-corrected chi connectivity index (χ3v) is 11.7.